The van der Waals surface area contributed by atoms with Crippen molar-refractivity contribution in [2.45, 2.75) is 69.0 Å². The predicted octanol–water partition coefficient (Wildman–Crippen LogP) is 1.85. The zero-order chi connectivity index (χ0) is 24.5. The number of carbonyl (C=O) groups excluding carboxylic acids is 4. The van der Waals surface area contributed by atoms with Gasteiger partial charge in [-0.15, -0.1) is 11.3 Å². The van der Waals surface area contributed by atoms with Gasteiger partial charge in [0.05, 0.1) is 11.3 Å². The SMILES string of the molecule is O=C1CC(NC(=O)C2CCCC3C/C=C\CC(NC(=O)c4cc5ccccc5s4)C(=O)N32)C(O)O1. The Kier molecular flexibility index (Phi) is 6.57. The number of cyclic esters (lactones) is 1. The fourth-order valence-electron chi connectivity index (χ4n) is 5.06. The second-order valence-electron chi connectivity index (χ2n) is 9.16. The molecule has 4 heterocycles. The van der Waals surface area contributed by atoms with E-state index in [4.69, 9.17) is 4.74 Å². The Balaban J connectivity index is 1.34. The van der Waals surface area contributed by atoms with Crippen LogP contribution in [0.25, 0.3) is 10.1 Å². The summed E-state index contributed by atoms with van der Waals surface area (Å²) in [7, 11) is 0. The number of rotatable bonds is 4. The number of amides is 3. The van der Waals surface area contributed by atoms with Gasteiger partial charge < -0.3 is 25.4 Å². The van der Waals surface area contributed by atoms with Crippen molar-refractivity contribution >= 4 is 45.1 Å². The second-order valence-corrected chi connectivity index (χ2v) is 10.2. The van der Waals surface area contributed by atoms with Crippen LogP contribution in [0.5, 0.6) is 0 Å². The van der Waals surface area contributed by atoms with Gasteiger partial charge in [-0.2, -0.15) is 0 Å². The highest BCUT2D eigenvalue weighted by molar-refractivity contribution is 7.20. The normalized spacial score (nSPS) is 29.6. The maximum absolute atomic E-state index is 13.7. The van der Waals surface area contributed by atoms with Crippen LogP contribution >= 0.6 is 11.3 Å². The Bertz CT molecular complexity index is 1160. The average molecular weight is 498 g/mol. The molecule has 0 aliphatic carbocycles. The highest BCUT2D eigenvalue weighted by Crippen LogP contribution is 2.30. The van der Waals surface area contributed by atoms with Crippen LogP contribution in [0, 0.1) is 0 Å². The Morgan fingerprint density at radius 2 is 1.89 bits per heavy atom. The van der Waals surface area contributed by atoms with Crippen LogP contribution in [0.3, 0.4) is 0 Å². The highest BCUT2D eigenvalue weighted by Gasteiger charge is 2.43. The number of carbonyl (C=O) groups is 4. The first kappa shape index (κ1) is 23.5. The number of nitrogens with one attached hydrogen (secondary N) is 2. The molecule has 3 amide bonds. The van der Waals surface area contributed by atoms with Crippen LogP contribution < -0.4 is 10.6 Å². The average Bonchev–Trinajstić information content (AvgIpc) is 3.41. The minimum atomic E-state index is -1.40. The van der Waals surface area contributed by atoms with Crippen molar-refractivity contribution in [3.05, 3.63) is 47.4 Å². The van der Waals surface area contributed by atoms with Gasteiger partial charge in [0, 0.05) is 10.7 Å². The Labute approximate surface area is 206 Å². The molecule has 5 atom stereocenters. The molecule has 3 aliphatic heterocycles. The number of ether oxygens (including phenoxy) is 1. The third-order valence-electron chi connectivity index (χ3n) is 6.81. The molecule has 1 aromatic carbocycles. The number of piperidine rings is 1. The Morgan fingerprint density at radius 3 is 2.66 bits per heavy atom. The lowest BCUT2D eigenvalue weighted by Gasteiger charge is -2.43. The van der Waals surface area contributed by atoms with E-state index in [1.165, 1.54) is 11.3 Å². The van der Waals surface area contributed by atoms with Gasteiger partial charge in [-0.05, 0) is 49.6 Å². The minimum absolute atomic E-state index is 0.117. The van der Waals surface area contributed by atoms with Gasteiger partial charge in [-0.25, -0.2) is 0 Å². The Morgan fingerprint density at radius 1 is 1.09 bits per heavy atom. The van der Waals surface area contributed by atoms with Gasteiger partial charge >= 0.3 is 5.97 Å². The van der Waals surface area contributed by atoms with Crippen LogP contribution in [0.1, 0.15) is 48.2 Å². The largest absolute Gasteiger partial charge is 0.434 e. The van der Waals surface area contributed by atoms with Crippen molar-refractivity contribution in [1.29, 1.82) is 0 Å². The molecular formula is C25H27N3O6S. The number of aliphatic hydroxyl groups excluding tert-OH is 1. The molecule has 2 saturated heterocycles. The number of hydrogen-bond acceptors (Lipinski definition) is 7. The van der Waals surface area contributed by atoms with E-state index < -0.39 is 36.3 Å². The highest BCUT2D eigenvalue weighted by atomic mass is 32.1. The molecule has 0 saturated carbocycles. The van der Waals surface area contributed by atoms with Crippen molar-refractivity contribution in [1.82, 2.24) is 15.5 Å². The smallest absolute Gasteiger partial charge is 0.310 e. The number of esters is 1. The van der Waals surface area contributed by atoms with Crippen LogP contribution in [0.4, 0.5) is 0 Å². The number of nitrogens with zero attached hydrogens (tertiary/aromatic N) is 1. The molecule has 5 rings (SSSR count). The van der Waals surface area contributed by atoms with Crippen molar-refractivity contribution in [2.75, 3.05) is 0 Å². The number of fused-ring (bicyclic) bond motifs is 2. The molecule has 0 radical (unpaired) electrons. The molecule has 0 spiro atoms. The third-order valence-corrected chi connectivity index (χ3v) is 7.93. The minimum Gasteiger partial charge on any atom is -0.434 e. The fourth-order valence-corrected chi connectivity index (χ4v) is 6.02. The Hall–Kier alpha value is -3.24. The molecule has 2 aromatic rings. The van der Waals surface area contributed by atoms with E-state index in [1.54, 1.807) is 4.90 Å². The van der Waals surface area contributed by atoms with E-state index >= 15 is 0 Å². The van der Waals surface area contributed by atoms with Gasteiger partial charge in [0.25, 0.3) is 5.91 Å². The first-order valence-electron chi connectivity index (χ1n) is 11.9. The monoisotopic (exact) mass is 497 g/mol. The summed E-state index contributed by atoms with van der Waals surface area (Å²) in [6.07, 6.45) is 5.33. The number of benzene rings is 1. The van der Waals surface area contributed by atoms with E-state index in [9.17, 15) is 24.3 Å². The quantitative estimate of drug-likeness (QED) is 0.437. The van der Waals surface area contributed by atoms with Gasteiger partial charge in [-0.3, -0.25) is 19.2 Å². The molecule has 2 fully saturated rings. The third kappa shape index (κ3) is 4.81. The van der Waals surface area contributed by atoms with E-state index in [1.807, 2.05) is 42.5 Å². The molecule has 184 valence electrons. The summed E-state index contributed by atoms with van der Waals surface area (Å²) in [6, 6.07) is 6.96. The van der Waals surface area contributed by atoms with Crippen molar-refractivity contribution < 1.29 is 29.0 Å². The molecule has 9 nitrogen and oxygen atoms in total. The summed E-state index contributed by atoms with van der Waals surface area (Å²) in [6.45, 7) is 0. The van der Waals surface area contributed by atoms with Crippen LogP contribution in [0.15, 0.2) is 42.5 Å². The predicted molar refractivity (Wildman–Crippen MR) is 128 cm³/mol. The molecule has 3 N–H and O–H groups in total. The van der Waals surface area contributed by atoms with Gasteiger partial charge in [-0.1, -0.05) is 30.4 Å². The second kappa shape index (κ2) is 9.79. The van der Waals surface area contributed by atoms with E-state index in [0.29, 0.717) is 24.1 Å². The fraction of sp³-hybridized carbons (Fsp3) is 0.440. The molecule has 1 aromatic heterocycles. The number of aliphatic hydroxyl groups is 1. The van der Waals surface area contributed by atoms with Crippen molar-refractivity contribution in [3.8, 4) is 0 Å². The van der Waals surface area contributed by atoms with Gasteiger partial charge in [0.2, 0.25) is 18.1 Å². The summed E-state index contributed by atoms with van der Waals surface area (Å²) in [4.78, 5) is 53.5. The van der Waals surface area contributed by atoms with Crippen molar-refractivity contribution in [3.63, 3.8) is 0 Å². The van der Waals surface area contributed by atoms with Gasteiger partial charge in [0.1, 0.15) is 18.1 Å². The number of hydrogen-bond donors (Lipinski definition) is 3. The molecular weight excluding hydrogens is 470 g/mol. The summed E-state index contributed by atoms with van der Waals surface area (Å²) >= 11 is 1.37. The summed E-state index contributed by atoms with van der Waals surface area (Å²) in [5, 5.41) is 16.4. The van der Waals surface area contributed by atoms with E-state index in [0.717, 1.165) is 22.9 Å². The first-order chi connectivity index (χ1) is 16.9. The molecule has 0 bridgehead atoms. The lowest BCUT2D eigenvalue weighted by atomic mass is 9.90. The van der Waals surface area contributed by atoms with E-state index in [2.05, 4.69) is 10.6 Å². The summed E-state index contributed by atoms with van der Waals surface area (Å²) < 4.78 is 5.71. The lowest BCUT2D eigenvalue weighted by molar-refractivity contribution is -0.156. The van der Waals surface area contributed by atoms with E-state index in [-0.39, 0.29) is 24.3 Å². The lowest BCUT2D eigenvalue weighted by Crippen LogP contribution is -2.62. The maximum atomic E-state index is 13.7. The summed E-state index contributed by atoms with van der Waals surface area (Å²) in [5.74, 6) is -1.63. The van der Waals surface area contributed by atoms with Crippen LogP contribution in [0.2, 0.25) is 0 Å². The zero-order valence-electron chi connectivity index (χ0n) is 19.0. The van der Waals surface area contributed by atoms with Gasteiger partial charge in [0.15, 0.2) is 0 Å². The molecule has 10 heteroatoms. The number of thiophene rings is 1. The van der Waals surface area contributed by atoms with Crippen LogP contribution in [-0.2, 0) is 19.1 Å². The summed E-state index contributed by atoms with van der Waals surface area (Å²) in [5.41, 5.74) is 0. The van der Waals surface area contributed by atoms with Crippen LogP contribution in [-0.4, -0.2) is 64.2 Å². The maximum Gasteiger partial charge on any atom is 0.310 e. The molecule has 3 aliphatic rings. The zero-order valence-corrected chi connectivity index (χ0v) is 19.8. The molecule has 5 unspecified atom stereocenters. The topological polar surface area (TPSA) is 125 Å². The standard InChI is InChI=1S/C25H27N3O6S/c29-21-13-17(25(33)34-21)27-22(30)18-10-5-8-15-7-2-3-9-16(24(32)28(15)18)26-23(31)20-12-14-6-1-4-11-19(14)35-20/h1-4,6,11-12,15-18,25,33H,5,7-10,13H2,(H,26,31)(H,27,30)/b3-2-. The first-order valence-corrected chi connectivity index (χ1v) is 12.7. The molecule has 35 heavy (non-hydrogen) atoms. The van der Waals surface area contributed by atoms with Crippen molar-refractivity contribution in [2.24, 2.45) is 0 Å².